The van der Waals surface area contributed by atoms with Crippen molar-refractivity contribution in [3.05, 3.63) is 23.9 Å². The van der Waals surface area contributed by atoms with E-state index in [9.17, 15) is 5.26 Å². The Balaban J connectivity index is -0.000000180. The Morgan fingerprint density at radius 3 is 2.31 bits per heavy atom. The average molecular weight is 704 g/mol. The minimum atomic E-state index is 0. The minimum absolute atomic E-state index is 0. The molecule has 0 bridgehead atoms. The summed E-state index contributed by atoms with van der Waals surface area (Å²) in [6.07, 6.45) is 0. The Hall–Kier alpha value is 4.92. The maximum Gasteiger partial charge on any atom is 1.00 e. The summed E-state index contributed by atoms with van der Waals surface area (Å²) in [5, 5.41) is 12.6. The molecule has 4 nitrogen and oxygen atoms in total. The molecule has 0 aliphatic heterocycles. The van der Waals surface area contributed by atoms with Crippen LogP contribution in [0.25, 0.3) is 5.73 Å². The molecule has 16 heavy (non-hydrogen) atoms. The van der Waals surface area contributed by atoms with Gasteiger partial charge in [-0.1, -0.05) is 18.2 Å². The maximum atomic E-state index is 9.46. The fourth-order valence-electron chi connectivity index (χ4n) is 0.673. The molecular formula is C6H4AcAuK2NO3S2-. The normalized spacial score (nSPS) is 7.56. The van der Waals surface area contributed by atoms with E-state index in [2.05, 4.69) is 9.37 Å². The third kappa shape index (κ3) is 13.9. The molecule has 1 aromatic carbocycles. The van der Waals surface area contributed by atoms with E-state index < -0.39 is 0 Å². The van der Waals surface area contributed by atoms with Crippen LogP contribution in [-0.4, -0.2) is 51.4 Å². The monoisotopic (exact) mass is 704 g/mol. The van der Waals surface area contributed by atoms with Gasteiger partial charge in [-0.05, 0) is 0 Å². The first-order chi connectivity index (χ1) is 5.72. The topological polar surface area (TPSA) is 65.3 Å². The molecular weight excluding hydrogens is 700 g/mol. The van der Waals surface area contributed by atoms with E-state index >= 15 is 0 Å². The summed E-state index contributed by atoms with van der Waals surface area (Å²) in [7, 11) is 0. The molecule has 0 spiro atoms. The van der Waals surface area contributed by atoms with E-state index in [0.717, 1.165) is 12.0 Å². The van der Waals surface area contributed by atoms with Crippen LogP contribution in [0.3, 0.4) is 0 Å². The summed E-state index contributed by atoms with van der Waals surface area (Å²) >= 11 is 5.56. The Labute approximate surface area is 241 Å². The number of rotatable bonds is 3. The van der Waals surface area contributed by atoms with Crippen molar-refractivity contribution in [1.82, 2.24) is 0 Å². The first-order valence-corrected chi connectivity index (χ1v) is 4.04. The zero-order valence-corrected chi connectivity index (χ0v) is 23.4. The van der Waals surface area contributed by atoms with Gasteiger partial charge in [0.25, 0.3) is 0 Å². The molecule has 0 heterocycles. The van der Waals surface area contributed by atoms with E-state index in [1.807, 2.05) is 0 Å². The van der Waals surface area contributed by atoms with Crippen LogP contribution in [-0.2, 0) is 44.4 Å². The molecule has 80 valence electrons. The van der Waals surface area contributed by atoms with Crippen molar-refractivity contribution in [1.29, 1.82) is 0 Å². The summed E-state index contributed by atoms with van der Waals surface area (Å²) in [5.74, 6) is 0. The quantitative estimate of drug-likeness (QED) is 0.122. The molecule has 0 saturated carbocycles. The molecule has 2 radical (unpaired) electrons. The zero-order valence-electron chi connectivity index (χ0n) is 8.65. The van der Waals surface area contributed by atoms with E-state index in [4.69, 9.17) is 18.4 Å². The molecule has 0 atom stereocenters. The number of hydrogen-bond acceptors (Lipinski definition) is 5. The van der Waals surface area contributed by atoms with Crippen LogP contribution in [0.4, 0.5) is 5.69 Å². The third-order valence-corrected chi connectivity index (χ3v) is 1.83. The third-order valence-electron chi connectivity index (χ3n) is 1.04. The van der Waals surface area contributed by atoms with Crippen LogP contribution in [0.15, 0.2) is 28.0 Å². The van der Waals surface area contributed by atoms with Gasteiger partial charge in [0, 0.05) is 100 Å². The predicted octanol–water partition coefficient (Wildman–Crippen LogP) is -1.87. The summed E-state index contributed by atoms with van der Waals surface area (Å²) in [6, 6.07) is 4.65. The molecule has 0 aromatic heterocycles. The molecule has 0 saturated heterocycles. The fraction of sp³-hybridized carbons (Fsp3) is 0. The van der Waals surface area contributed by atoms with Crippen LogP contribution >= 0.6 is 12.0 Å². The predicted molar refractivity (Wildman–Crippen MR) is 49.8 cm³/mol. The van der Waals surface area contributed by atoms with Gasteiger partial charge >= 0.3 is 73.8 Å². The fourth-order valence-corrected chi connectivity index (χ4v) is 1.46. The van der Waals surface area contributed by atoms with Crippen LogP contribution in [0.1, 0.15) is 0 Å². The number of nitrogens with one attached hydrogen (secondary N) is 1. The summed E-state index contributed by atoms with van der Waals surface area (Å²) < 4.78 is 4.06. The zero-order chi connectivity index (χ0) is 8.97. The van der Waals surface area contributed by atoms with Crippen LogP contribution in [0, 0.1) is 44.1 Å². The number of hydrogen-bond donors (Lipinski definition) is 0. The molecule has 0 unspecified atom stereocenters. The van der Waals surface area contributed by atoms with Crippen molar-refractivity contribution in [2.75, 3.05) is 0 Å². The van der Waals surface area contributed by atoms with Gasteiger partial charge in [0.05, 0.1) is 12.0 Å². The van der Waals surface area contributed by atoms with Gasteiger partial charge in [-0.15, -0.1) is 5.69 Å². The van der Waals surface area contributed by atoms with Gasteiger partial charge in [0.2, 0.25) is 0 Å². The molecule has 1 rings (SSSR count). The second-order valence-electron chi connectivity index (χ2n) is 1.91. The van der Waals surface area contributed by atoms with Gasteiger partial charge in [-0.25, -0.2) is 0 Å². The van der Waals surface area contributed by atoms with E-state index in [0.29, 0.717) is 9.79 Å². The summed E-state index contributed by atoms with van der Waals surface area (Å²) in [4.78, 5) is 1.10. The van der Waals surface area contributed by atoms with Gasteiger partial charge in [-0.3, -0.25) is 5.04 Å². The molecule has 10 heteroatoms. The van der Waals surface area contributed by atoms with Gasteiger partial charge in [0.15, 0.2) is 0 Å². The second kappa shape index (κ2) is 18.0. The van der Waals surface area contributed by atoms with Crippen LogP contribution in [0.5, 0.6) is 0 Å². The van der Waals surface area contributed by atoms with Crippen molar-refractivity contribution >= 4 is 81.7 Å². The standard InChI is InChI=1S/C6H6NO3S2.Ac.Au.2K/c7-4-1-5(11)3-6(2-4)12-10-9-8;;;;/h1-3,7-8,11H;;;;/q-1;;+1;;+1/p-2. The average Bonchev–Trinajstić information content (AvgIpc) is 1.99. The minimum Gasteiger partial charge on any atom is -0.780 e. The van der Waals surface area contributed by atoms with Crippen molar-refractivity contribution in [2.45, 2.75) is 9.79 Å². The smallest absolute Gasteiger partial charge is 0.780 e. The first kappa shape index (κ1) is 29.0. The molecule has 1 aromatic rings. The van der Waals surface area contributed by atoms with E-state index in [-0.39, 0.29) is 175 Å². The number of benzene rings is 1. The van der Waals surface area contributed by atoms with Crippen molar-refractivity contribution in [2.24, 2.45) is 0 Å². The van der Waals surface area contributed by atoms with Crippen molar-refractivity contribution in [3.63, 3.8) is 0 Å². The first-order valence-electron chi connectivity index (χ1n) is 2.89. The molecule has 0 amide bonds. The van der Waals surface area contributed by atoms with Gasteiger partial charge < -0.3 is 23.6 Å². The Morgan fingerprint density at radius 1 is 1.31 bits per heavy atom. The van der Waals surface area contributed by atoms with Crippen molar-refractivity contribution < 1.29 is 132 Å². The molecule has 0 fully saturated rings. The van der Waals surface area contributed by atoms with Crippen molar-refractivity contribution in [3.8, 4) is 0 Å². The van der Waals surface area contributed by atoms with Crippen LogP contribution in [0.2, 0.25) is 0 Å². The Morgan fingerprint density at radius 2 is 1.88 bits per heavy atom. The molecule has 0 aliphatic rings. The Bertz CT molecular complexity index is 268. The van der Waals surface area contributed by atoms with Gasteiger partial charge in [-0.2, -0.15) is 9.23 Å². The Kier molecular flexibility index (Phi) is 32.6. The SMILES string of the molecule is [Ac].[Au+].[K+].[K].[NH-]c1cc([S-])cc(SOO[O-])c1. The summed E-state index contributed by atoms with van der Waals surface area (Å²) in [5.41, 5.74) is 7.54. The van der Waals surface area contributed by atoms with Crippen LogP contribution < -0.4 is 56.6 Å². The summed E-state index contributed by atoms with van der Waals surface area (Å²) in [6.45, 7) is 0. The van der Waals surface area contributed by atoms with Gasteiger partial charge in [0.1, 0.15) is 0 Å². The van der Waals surface area contributed by atoms with E-state index in [1.165, 1.54) is 12.1 Å². The van der Waals surface area contributed by atoms with E-state index in [1.54, 1.807) is 6.07 Å². The maximum absolute atomic E-state index is 9.46. The second-order valence-corrected chi connectivity index (χ2v) is 3.16. The molecule has 1 N–H and O–H groups in total. The largest absolute Gasteiger partial charge is 1.00 e. The molecule has 0 aliphatic carbocycles.